The molecule has 0 unspecified atom stereocenters. The van der Waals surface area contributed by atoms with E-state index in [2.05, 4.69) is 10.4 Å². The molecular formula is C11H10ClF2N3O. The van der Waals surface area contributed by atoms with Gasteiger partial charge in [0.05, 0.1) is 23.3 Å². The molecule has 0 aliphatic heterocycles. The third-order valence-electron chi connectivity index (χ3n) is 2.48. The Balaban J connectivity index is 2.75. The van der Waals surface area contributed by atoms with Crippen LogP contribution in [0.25, 0.3) is 10.9 Å². The highest BCUT2D eigenvalue weighted by atomic mass is 35.5. The van der Waals surface area contributed by atoms with Crippen LogP contribution in [0.15, 0.2) is 18.2 Å². The van der Waals surface area contributed by atoms with Gasteiger partial charge < -0.3 is 10.2 Å². The molecule has 0 bridgehead atoms. The van der Waals surface area contributed by atoms with Gasteiger partial charge in [-0.1, -0.05) is 11.6 Å². The normalized spacial score (nSPS) is 11.0. The maximum Gasteiger partial charge on any atom is 0.280 e. The first kappa shape index (κ1) is 12.8. The van der Waals surface area contributed by atoms with Crippen LogP contribution in [0, 0.1) is 0 Å². The minimum atomic E-state index is -2.68. The molecule has 0 aliphatic carbocycles. The first-order chi connectivity index (χ1) is 8.56. The average molecular weight is 274 g/mol. The summed E-state index contributed by atoms with van der Waals surface area (Å²) < 4.78 is 30.4. The number of aromatic nitrogens is 1. The van der Waals surface area contributed by atoms with Crippen LogP contribution < -0.4 is 16.0 Å². The molecule has 1 aromatic heterocycles. The Morgan fingerprint density at radius 2 is 2.11 bits per heavy atom. The lowest BCUT2D eigenvalue weighted by molar-refractivity contribution is 0.146. The van der Waals surface area contributed by atoms with E-state index in [1.54, 1.807) is 6.07 Å². The molecule has 0 aliphatic rings. The van der Waals surface area contributed by atoms with E-state index in [4.69, 9.17) is 22.2 Å². The number of ether oxygens (including phenoxy) is 1. The molecule has 0 saturated carbocycles. The maximum atomic E-state index is 12.7. The monoisotopic (exact) mass is 273 g/mol. The van der Waals surface area contributed by atoms with Crippen LogP contribution in [-0.2, 0) is 0 Å². The predicted octanol–water partition coefficient (Wildman–Crippen LogP) is 3.12. The van der Waals surface area contributed by atoms with Gasteiger partial charge in [-0.2, -0.15) is 0 Å². The Kier molecular flexibility index (Phi) is 3.49. The number of pyridine rings is 1. The van der Waals surface area contributed by atoms with Crippen LogP contribution >= 0.6 is 11.6 Å². The second-order valence-corrected chi connectivity index (χ2v) is 3.95. The second-order valence-electron chi connectivity index (χ2n) is 3.54. The summed E-state index contributed by atoms with van der Waals surface area (Å²) in [5.41, 5.74) is 2.66. The van der Waals surface area contributed by atoms with Gasteiger partial charge in [0.1, 0.15) is 11.4 Å². The van der Waals surface area contributed by atoms with E-state index >= 15 is 0 Å². The fraction of sp³-hybridized carbons (Fsp3) is 0.182. The number of hydrazine groups is 1. The van der Waals surface area contributed by atoms with Crippen LogP contribution in [0.3, 0.4) is 0 Å². The molecule has 0 radical (unpaired) electrons. The number of nitrogens with two attached hydrogens (primary N) is 1. The van der Waals surface area contributed by atoms with Gasteiger partial charge in [0.25, 0.3) is 6.43 Å². The van der Waals surface area contributed by atoms with Crippen LogP contribution in [0.5, 0.6) is 5.75 Å². The molecule has 0 atom stereocenters. The molecular weight excluding hydrogens is 264 g/mol. The minimum absolute atomic E-state index is 0.333. The lowest BCUT2D eigenvalue weighted by Crippen LogP contribution is -2.08. The zero-order chi connectivity index (χ0) is 13.3. The van der Waals surface area contributed by atoms with Crippen molar-refractivity contribution in [3.63, 3.8) is 0 Å². The van der Waals surface area contributed by atoms with Crippen molar-refractivity contribution in [1.82, 2.24) is 4.98 Å². The molecule has 18 heavy (non-hydrogen) atoms. The lowest BCUT2D eigenvalue weighted by Gasteiger charge is -2.11. The van der Waals surface area contributed by atoms with E-state index < -0.39 is 6.43 Å². The fourth-order valence-corrected chi connectivity index (χ4v) is 1.88. The van der Waals surface area contributed by atoms with Gasteiger partial charge in [-0.25, -0.2) is 13.8 Å². The van der Waals surface area contributed by atoms with Crippen molar-refractivity contribution in [1.29, 1.82) is 0 Å². The number of halogens is 3. The summed E-state index contributed by atoms with van der Waals surface area (Å²) in [5, 5.41) is 0.904. The van der Waals surface area contributed by atoms with E-state index in [1.165, 1.54) is 19.2 Å². The summed E-state index contributed by atoms with van der Waals surface area (Å²) in [6.45, 7) is 0. The number of nitrogens with zero attached hydrogens (tertiary/aromatic N) is 1. The quantitative estimate of drug-likeness (QED) is 0.666. The number of benzene rings is 1. The SMILES string of the molecule is COc1cc2nc(C(F)F)cc(NN)c2cc1Cl. The van der Waals surface area contributed by atoms with Crippen LogP contribution in [0.2, 0.25) is 5.02 Å². The van der Waals surface area contributed by atoms with E-state index in [-0.39, 0.29) is 5.69 Å². The first-order valence-electron chi connectivity index (χ1n) is 4.99. The Bertz CT molecular complexity index is 592. The van der Waals surface area contributed by atoms with Gasteiger partial charge in [-0.3, -0.25) is 5.84 Å². The molecule has 0 saturated heterocycles. The Morgan fingerprint density at radius 1 is 1.39 bits per heavy atom. The zero-order valence-electron chi connectivity index (χ0n) is 9.38. The number of anilines is 1. The highest BCUT2D eigenvalue weighted by molar-refractivity contribution is 6.33. The van der Waals surface area contributed by atoms with Gasteiger partial charge in [0.2, 0.25) is 0 Å². The molecule has 0 fully saturated rings. The summed E-state index contributed by atoms with van der Waals surface area (Å²) in [5.74, 6) is 5.68. The van der Waals surface area contributed by atoms with E-state index in [9.17, 15) is 8.78 Å². The molecule has 1 aromatic carbocycles. The fourth-order valence-electron chi connectivity index (χ4n) is 1.64. The summed E-state index contributed by atoms with van der Waals surface area (Å²) >= 11 is 5.97. The van der Waals surface area contributed by atoms with Crippen LogP contribution in [0.4, 0.5) is 14.5 Å². The molecule has 0 spiro atoms. The molecule has 2 aromatic rings. The molecule has 0 amide bonds. The average Bonchev–Trinajstić information content (AvgIpc) is 2.36. The molecule has 2 rings (SSSR count). The third-order valence-corrected chi connectivity index (χ3v) is 2.78. The van der Waals surface area contributed by atoms with Crippen molar-refractivity contribution >= 4 is 28.2 Å². The molecule has 1 heterocycles. The number of alkyl halides is 2. The number of hydrogen-bond acceptors (Lipinski definition) is 4. The van der Waals surface area contributed by atoms with Crippen LogP contribution in [0.1, 0.15) is 12.1 Å². The van der Waals surface area contributed by atoms with Crippen LogP contribution in [-0.4, -0.2) is 12.1 Å². The van der Waals surface area contributed by atoms with Crippen molar-refractivity contribution in [2.24, 2.45) is 5.84 Å². The summed E-state index contributed by atoms with van der Waals surface area (Å²) in [6.07, 6.45) is -2.68. The van der Waals surface area contributed by atoms with Crippen molar-refractivity contribution < 1.29 is 13.5 Å². The molecule has 96 valence electrons. The standard InChI is InChI=1S/C11H10ClF2N3O/c1-18-10-4-7-5(2-6(10)12)8(17-15)3-9(16-7)11(13)14/h2-4,11H,15H2,1H3,(H,16,17). The Morgan fingerprint density at radius 3 is 2.67 bits per heavy atom. The number of nitrogen functional groups attached to an aromatic ring is 1. The molecule has 4 nitrogen and oxygen atoms in total. The second kappa shape index (κ2) is 4.91. The Labute approximate surface area is 107 Å². The number of rotatable bonds is 3. The predicted molar refractivity (Wildman–Crippen MR) is 66.1 cm³/mol. The van der Waals surface area contributed by atoms with Gasteiger partial charge in [-0.05, 0) is 12.1 Å². The smallest absolute Gasteiger partial charge is 0.280 e. The van der Waals surface area contributed by atoms with Gasteiger partial charge in [0, 0.05) is 11.5 Å². The lowest BCUT2D eigenvalue weighted by atomic mass is 10.1. The molecule has 7 heteroatoms. The topological polar surface area (TPSA) is 60.2 Å². The summed E-state index contributed by atoms with van der Waals surface area (Å²) in [6, 6.07) is 4.24. The minimum Gasteiger partial charge on any atom is -0.495 e. The number of nitrogens with one attached hydrogen (secondary N) is 1. The summed E-state index contributed by atoms with van der Waals surface area (Å²) in [7, 11) is 1.44. The highest BCUT2D eigenvalue weighted by Crippen LogP contribution is 2.34. The third kappa shape index (κ3) is 2.16. The van der Waals surface area contributed by atoms with Crippen molar-refractivity contribution in [3.8, 4) is 5.75 Å². The first-order valence-corrected chi connectivity index (χ1v) is 5.37. The van der Waals surface area contributed by atoms with E-state index in [0.717, 1.165) is 0 Å². The van der Waals surface area contributed by atoms with Crippen molar-refractivity contribution in [2.75, 3.05) is 12.5 Å². The van der Waals surface area contributed by atoms with Crippen molar-refractivity contribution in [2.45, 2.75) is 6.43 Å². The maximum absolute atomic E-state index is 12.7. The largest absolute Gasteiger partial charge is 0.495 e. The molecule has 3 N–H and O–H groups in total. The van der Waals surface area contributed by atoms with Gasteiger partial charge in [-0.15, -0.1) is 0 Å². The van der Waals surface area contributed by atoms with Crippen molar-refractivity contribution in [3.05, 3.63) is 28.9 Å². The Hall–Kier alpha value is -1.66. The zero-order valence-corrected chi connectivity index (χ0v) is 10.1. The number of fused-ring (bicyclic) bond motifs is 1. The summed E-state index contributed by atoms with van der Waals surface area (Å²) in [4.78, 5) is 3.85. The number of methoxy groups -OCH3 is 1. The van der Waals surface area contributed by atoms with Gasteiger partial charge in [0.15, 0.2) is 0 Å². The van der Waals surface area contributed by atoms with Gasteiger partial charge >= 0.3 is 0 Å². The number of hydrogen-bond donors (Lipinski definition) is 2. The van der Waals surface area contributed by atoms with E-state index in [0.29, 0.717) is 27.4 Å². The van der Waals surface area contributed by atoms with E-state index in [1.807, 2.05) is 0 Å². The highest BCUT2D eigenvalue weighted by Gasteiger charge is 2.14.